The summed E-state index contributed by atoms with van der Waals surface area (Å²) in [4.78, 5) is 59.9. The van der Waals surface area contributed by atoms with Crippen LogP contribution < -0.4 is 4.90 Å². The van der Waals surface area contributed by atoms with Gasteiger partial charge in [-0.05, 0) is 116 Å². The lowest BCUT2D eigenvalue weighted by Crippen LogP contribution is -2.42. The minimum Gasteiger partial charge on any atom is -0.337 e. The average molecular weight is 902 g/mol. The van der Waals surface area contributed by atoms with Crippen molar-refractivity contribution in [3.63, 3.8) is 0 Å². The number of nitrogens with zero attached hydrogens (tertiary/aromatic N) is 3. The van der Waals surface area contributed by atoms with E-state index >= 15 is 0 Å². The summed E-state index contributed by atoms with van der Waals surface area (Å²) in [5, 5.41) is 15.8. The Labute approximate surface area is 388 Å². The fourth-order valence-corrected chi connectivity index (χ4v) is 11.3. The number of amides is 3. The molecule has 1 aliphatic heterocycles. The summed E-state index contributed by atoms with van der Waals surface area (Å²) >= 11 is 8.67. The Morgan fingerprint density at radius 3 is 1.86 bits per heavy atom. The quantitative estimate of drug-likeness (QED) is 0.0464. The van der Waals surface area contributed by atoms with Crippen LogP contribution in [0.1, 0.15) is 131 Å². The molecule has 7 nitrogen and oxygen atoms in total. The fourth-order valence-electron chi connectivity index (χ4n) is 9.21. The van der Waals surface area contributed by atoms with Gasteiger partial charge in [0.1, 0.15) is 3.53 Å². The third kappa shape index (κ3) is 7.76. The molecule has 1 atom stereocenters. The van der Waals surface area contributed by atoms with E-state index in [4.69, 9.17) is 12.2 Å². The summed E-state index contributed by atoms with van der Waals surface area (Å²) < 4.78 is 0.817. The second-order valence-electron chi connectivity index (χ2n) is 19.6. The van der Waals surface area contributed by atoms with Gasteiger partial charge in [-0.1, -0.05) is 132 Å². The van der Waals surface area contributed by atoms with Gasteiger partial charge >= 0.3 is 0 Å². The van der Waals surface area contributed by atoms with E-state index in [9.17, 15) is 24.4 Å². The van der Waals surface area contributed by atoms with Crippen LogP contribution in [0.5, 0.6) is 0 Å². The van der Waals surface area contributed by atoms with Crippen molar-refractivity contribution in [2.24, 2.45) is 5.41 Å². The van der Waals surface area contributed by atoms with E-state index in [0.717, 1.165) is 64.4 Å². The summed E-state index contributed by atoms with van der Waals surface area (Å²) in [5.74, 6) is -0.974. The van der Waals surface area contributed by atoms with Gasteiger partial charge in [0.2, 0.25) is 0 Å². The number of carbonyl (C=O) groups excluding carboxylic acids is 4. The normalized spacial score (nSPS) is 13.9. The molecular weight excluding hydrogens is 851 g/mol. The Morgan fingerprint density at radius 2 is 1.33 bits per heavy atom. The molecule has 0 aromatic heterocycles. The van der Waals surface area contributed by atoms with Crippen molar-refractivity contribution < 1.29 is 19.2 Å². The monoisotopic (exact) mass is 901 g/mol. The van der Waals surface area contributed by atoms with Crippen molar-refractivity contribution in [3.05, 3.63) is 136 Å². The molecule has 3 amide bonds. The number of nitriles is 1. The standard InChI is InChI=1S/C54H51N3O4S3/c1-52(2,3)33-16-24-41(53(4,5)6)42(25-33)57-49(60)39-22-19-36-34-17-15-32(28-58)44-38(21-18-35(45(34)44)37-20-23-40(50(57)61)47(39)46(36)37)48(59)56(9)27-30-11-13-31(14-12-30)43(64-51(62)63-10)26-54(7,8)29-55/h11-25,28,43H,26-27H2,1-10H3. The van der Waals surface area contributed by atoms with Crippen molar-refractivity contribution in [1.82, 2.24) is 4.90 Å². The Kier molecular flexibility index (Phi) is 11.6. The number of anilines is 1. The number of imide groups is 1. The van der Waals surface area contributed by atoms with Crippen LogP contribution in [0.15, 0.2) is 91.0 Å². The molecule has 8 rings (SSSR count). The number of hydrogen-bond donors (Lipinski definition) is 0. The second-order valence-corrected chi connectivity index (χ2v) is 22.9. The maximum atomic E-state index is 14.8. The third-order valence-electron chi connectivity index (χ3n) is 12.6. The predicted molar refractivity (Wildman–Crippen MR) is 271 cm³/mol. The summed E-state index contributed by atoms with van der Waals surface area (Å²) in [6.07, 6.45) is 3.39. The summed E-state index contributed by atoms with van der Waals surface area (Å²) in [5.41, 5.74) is 5.15. The van der Waals surface area contributed by atoms with Gasteiger partial charge in [-0.2, -0.15) is 5.26 Å². The van der Waals surface area contributed by atoms with E-state index in [1.54, 1.807) is 35.8 Å². The van der Waals surface area contributed by atoms with Crippen LogP contribution in [-0.2, 0) is 17.4 Å². The van der Waals surface area contributed by atoms with Gasteiger partial charge in [0, 0.05) is 51.9 Å². The van der Waals surface area contributed by atoms with Crippen molar-refractivity contribution in [2.75, 3.05) is 18.2 Å². The SMILES string of the molecule is CSC(=S)SC(CC(C)(C)C#N)c1ccc(CN(C)C(=O)c2ccc3c4ccc5c6c(ccc(c7ccc(C=O)c2c73)c64)C(=O)N(c2cc(C(C)(C)C)ccc2C(C)(C)C)C5=O)cc1. The van der Waals surface area contributed by atoms with Crippen LogP contribution in [0, 0.1) is 16.7 Å². The summed E-state index contributed by atoms with van der Waals surface area (Å²) in [7, 11) is 1.76. The molecule has 1 aliphatic rings. The van der Waals surface area contributed by atoms with Crippen LogP contribution in [0.4, 0.5) is 5.69 Å². The molecule has 10 heteroatoms. The van der Waals surface area contributed by atoms with Gasteiger partial charge in [0.05, 0.1) is 17.2 Å². The minimum atomic E-state index is -0.527. The zero-order chi connectivity index (χ0) is 46.2. The van der Waals surface area contributed by atoms with E-state index in [0.29, 0.717) is 51.7 Å². The minimum absolute atomic E-state index is 0.00733. The molecule has 0 bridgehead atoms. The Hall–Kier alpha value is -5.60. The highest BCUT2D eigenvalue weighted by molar-refractivity contribution is 8.47. The van der Waals surface area contributed by atoms with Gasteiger partial charge in [-0.3, -0.25) is 19.2 Å². The highest BCUT2D eigenvalue weighted by Gasteiger charge is 2.38. The van der Waals surface area contributed by atoms with E-state index in [-0.39, 0.29) is 33.8 Å². The number of thioether (sulfide) groups is 2. The summed E-state index contributed by atoms with van der Waals surface area (Å²) in [6, 6.07) is 31.6. The smallest absolute Gasteiger partial charge is 0.265 e. The first-order valence-corrected chi connectivity index (χ1v) is 23.9. The van der Waals surface area contributed by atoms with Crippen LogP contribution in [-0.4, -0.2) is 45.7 Å². The van der Waals surface area contributed by atoms with Crippen molar-refractivity contribution in [1.29, 1.82) is 5.26 Å². The molecule has 0 saturated carbocycles. The third-order valence-corrected chi connectivity index (χ3v) is 15.4. The maximum absolute atomic E-state index is 14.8. The number of rotatable bonds is 9. The first-order chi connectivity index (χ1) is 30.2. The molecule has 324 valence electrons. The number of benzene rings is 7. The van der Waals surface area contributed by atoms with E-state index in [1.807, 2.05) is 80.8 Å². The maximum Gasteiger partial charge on any atom is 0.265 e. The molecule has 0 N–H and O–H groups in total. The van der Waals surface area contributed by atoms with Gasteiger partial charge in [0.25, 0.3) is 17.7 Å². The molecule has 0 spiro atoms. The van der Waals surface area contributed by atoms with Crippen LogP contribution in [0.2, 0.25) is 0 Å². The number of fused-ring (bicyclic) bond motifs is 2. The lowest BCUT2D eigenvalue weighted by molar-refractivity contribution is 0.0786. The van der Waals surface area contributed by atoms with Crippen LogP contribution >= 0.6 is 35.7 Å². The molecule has 1 heterocycles. The Bertz CT molecular complexity index is 3080. The van der Waals surface area contributed by atoms with Gasteiger partial charge < -0.3 is 4.90 Å². The molecule has 0 radical (unpaired) electrons. The van der Waals surface area contributed by atoms with Crippen LogP contribution in [0.25, 0.3) is 43.1 Å². The molecule has 0 aliphatic carbocycles. The van der Waals surface area contributed by atoms with Gasteiger partial charge in [0.15, 0.2) is 6.29 Å². The second kappa shape index (κ2) is 16.4. The largest absolute Gasteiger partial charge is 0.337 e. The highest BCUT2D eigenvalue weighted by Crippen LogP contribution is 2.47. The van der Waals surface area contributed by atoms with Crippen LogP contribution in [0.3, 0.4) is 0 Å². The average Bonchev–Trinajstić information content (AvgIpc) is 3.26. The molecule has 0 saturated heterocycles. The van der Waals surface area contributed by atoms with Gasteiger partial charge in [-0.25, -0.2) is 4.90 Å². The van der Waals surface area contributed by atoms with Crippen molar-refractivity contribution in [2.45, 2.75) is 84.4 Å². The molecule has 7 aromatic rings. The molecule has 0 fully saturated rings. The number of thiocarbonyl (C=S) groups is 1. The Balaban J connectivity index is 1.20. The van der Waals surface area contributed by atoms with Crippen molar-refractivity contribution >= 4 is 112 Å². The fraction of sp³-hybridized carbons (Fsp3) is 0.296. The first-order valence-electron chi connectivity index (χ1n) is 21.4. The predicted octanol–water partition coefficient (Wildman–Crippen LogP) is 13.6. The highest BCUT2D eigenvalue weighted by atomic mass is 32.2. The lowest BCUT2D eigenvalue weighted by atomic mass is 9.80. The molecule has 64 heavy (non-hydrogen) atoms. The lowest BCUT2D eigenvalue weighted by Gasteiger charge is -2.34. The molecule has 7 aromatic carbocycles. The Morgan fingerprint density at radius 1 is 0.766 bits per heavy atom. The first kappa shape index (κ1) is 45.0. The number of hydrogen-bond acceptors (Lipinski definition) is 8. The van der Waals surface area contributed by atoms with E-state index < -0.39 is 5.41 Å². The molecular formula is C54H51N3O4S3. The number of carbonyl (C=O) groups is 4. The van der Waals surface area contributed by atoms with Gasteiger partial charge in [-0.15, -0.1) is 11.8 Å². The van der Waals surface area contributed by atoms with E-state index in [2.05, 4.69) is 65.8 Å². The zero-order valence-corrected chi connectivity index (χ0v) is 40.4. The summed E-state index contributed by atoms with van der Waals surface area (Å²) in [6.45, 7) is 16.8. The molecule has 1 unspecified atom stereocenters. The van der Waals surface area contributed by atoms with E-state index in [1.165, 1.54) is 16.7 Å². The zero-order valence-electron chi connectivity index (χ0n) is 37.9. The number of aldehydes is 1. The topological polar surface area (TPSA) is 98.6 Å². The van der Waals surface area contributed by atoms with Crippen molar-refractivity contribution in [3.8, 4) is 6.07 Å².